The summed E-state index contributed by atoms with van der Waals surface area (Å²) in [6.45, 7) is 1.64. The van der Waals surface area contributed by atoms with Crippen LogP contribution < -0.4 is 15.4 Å². The highest BCUT2D eigenvalue weighted by Crippen LogP contribution is 2.50. The maximum Gasteiger partial charge on any atom is 0.220 e. The van der Waals surface area contributed by atoms with E-state index >= 15 is 0 Å². The minimum Gasteiger partial charge on any atom is -0.490 e. The van der Waals surface area contributed by atoms with Crippen molar-refractivity contribution >= 4 is 5.91 Å². The first-order chi connectivity index (χ1) is 22.2. The van der Waals surface area contributed by atoms with Crippen LogP contribution in [0.15, 0.2) is 54.9 Å². The number of ether oxygens (including phenoxy) is 1. The number of unbranched alkanes of at least 4 members (excludes halogenated alkanes) is 1. The average molecular weight is 635 g/mol. The van der Waals surface area contributed by atoms with Crippen LogP contribution in [0.4, 0.5) is 0 Å². The lowest BCUT2D eigenvalue weighted by Gasteiger charge is -2.25. The Morgan fingerprint density at radius 3 is 2.50 bits per heavy atom. The van der Waals surface area contributed by atoms with Crippen LogP contribution in [0.3, 0.4) is 0 Å². The fraction of sp³-hybridized carbons (Fsp3) is 0.514. The Labute approximate surface area is 269 Å². The third kappa shape index (κ3) is 8.67. The second kappa shape index (κ2) is 15.4. The van der Waals surface area contributed by atoms with Crippen molar-refractivity contribution in [2.45, 2.75) is 101 Å². The van der Waals surface area contributed by atoms with E-state index in [9.17, 15) is 25.2 Å². The van der Waals surface area contributed by atoms with Gasteiger partial charge in [0.2, 0.25) is 5.91 Å². The number of aliphatic hydroxyl groups is 5. The van der Waals surface area contributed by atoms with Gasteiger partial charge in [0, 0.05) is 48.7 Å². The Balaban J connectivity index is 1.12. The first-order valence-electron chi connectivity index (χ1n) is 16.2. The lowest BCUT2D eigenvalue weighted by Crippen LogP contribution is -2.49. The fourth-order valence-electron chi connectivity index (χ4n) is 5.60. The Bertz CT molecular complexity index is 1460. The van der Waals surface area contributed by atoms with Crippen LogP contribution in [-0.2, 0) is 23.3 Å². The number of aryl methyl sites for hydroxylation is 2. The standard InChI is InChI=1S/C35H46N4O7/c1-22-10-11-23(6-2-5-9-32(43)37-20-29(41)33(44)34(45)30(42)21-40)39-28(22)19-38-35(15-16-35)27-18-36-17-14-25(27)26-7-3-4-8-31(26)46-24-12-13-24/h3-4,7-8,10-11,14,17-18,24,29-30,33-34,38,40-42,44-45H,2,5-6,9,12-13,15-16,19-21H2,1H3,(H,37,43)/t29-,30+,33+,34+/m0/s1. The van der Waals surface area contributed by atoms with Gasteiger partial charge in [-0.15, -0.1) is 0 Å². The second-order valence-corrected chi connectivity index (χ2v) is 12.5. The van der Waals surface area contributed by atoms with Crippen LogP contribution in [0.25, 0.3) is 11.1 Å². The number of carbonyl (C=O) groups excluding carboxylic acids is 1. The van der Waals surface area contributed by atoms with Gasteiger partial charge in [0.1, 0.15) is 24.1 Å². The Morgan fingerprint density at radius 2 is 1.76 bits per heavy atom. The van der Waals surface area contributed by atoms with E-state index in [0.717, 1.165) is 65.9 Å². The van der Waals surface area contributed by atoms with Gasteiger partial charge < -0.3 is 40.9 Å². The Morgan fingerprint density at radius 1 is 1.00 bits per heavy atom. The van der Waals surface area contributed by atoms with E-state index in [1.54, 1.807) is 0 Å². The van der Waals surface area contributed by atoms with E-state index in [-0.39, 0.29) is 24.4 Å². The summed E-state index contributed by atoms with van der Waals surface area (Å²) in [5.41, 5.74) is 6.29. The van der Waals surface area contributed by atoms with Crippen molar-refractivity contribution in [3.8, 4) is 16.9 Å². The minimum absolute atomic E-state index is 0.173. The molecule has 46 heavy (non-hydrogen) atoms. The van der Waals surface area contributed by atoms with Crippen LogP contribution in [0, 0.1) is 6.92 Å². The van der Waals surface area contributed by atoms with Gasteiger partial charge in [-0.3, -0.25) is 14.8 Å². The molecule has 5 rings (SSSR count). The molecule has 0 unspecified atom stereocenters. The van der Waals surface area contributed by atoms with Gasteiger partial charge in [-0.05, 0) is 86.8 Å². The molecule has 2 aromatic heterocycles. The smallest absolute Gasteiger partial charge is 0.220 e. The topological polar surface area (TPSA) is 177 Å². The second-order valence-electron chi connectivity index (χ2n) is 12.5. The largest absolute Gasteiger partial charge is 0.490 e. The lowest BCUT2D eigenvalue weighted by molar-refractivity contribution is -0.126. The van der Waals surface area contributed by atoms with Crippen LogP contribution in [0.2, 0.25) is 0 Å². The van der Waals surface area contributed by atoms with E-state index in [2.05, 4.69) is 46.8 Å². The van der Waals surface area contributed by atoms with E-state index in [1.165, 1.54) is 5.56 Å². The molecule has 1 amide bonds. The predicted molar refractivity (Wildman–Crippen MR) is 172 cm³/mol. The summed E-state index contributed by atoms with van der Waals surface area (Å²) in [7, 11) is 0. The van der Waals surface area contributed by atoms with Crippen molar-refractivity contribution in [3.63, 3.8) is 0 Å². The van der Waals surface area contributed by atoms with Gasteiger partial charge in [0.25, 0.3) is 0 Å². The third-order valence-corrected chi connectivity index (χ3v) is 8.86. The Hall–Kier alpha value is -3.45. The number of para-hydroxylation sites is 1. The van der Waals surface area contributed by atoms with Crippen molar-refractivity contribution in [2.24, 2.45) is 0 Å². The number of nitrogens with zero attached hydrogens (tertiary/aromatic N) is 2. The van der Waals surface area contributed by atoms with E-state index < -0.39 is 31.0 Å². The monoisotopic (exact) mass is 634 g/mol. The number of aliphatic hydroxyl groups excluding tert-OH is 5. The van der Waals surface area contributed by atoms with Crippen molar-refractivity contribution in [2.75, 3.05) is 13.2 Å². The van der Waals surface area contributed by atoms with E-state index in [4.69, 9.17) is 14.8 Å². The maximum atomic E-state index is 12.2. The van der Waals surface area contributed by atoms with E-state index in [0.29, 0.717) is 25.5 Å². The number of aromatic nitrogens is 2. The molecule has 7 N–H and O–H groups in total. The quantitative estimate of drug-likeness (QED) is 0.103. The minimum atomic E-state index is -1.73. The molecule has 248 valence electrons. The van der Waals surface area contributed by atoms with Gasteiger partial charge in [-0.2, -0.15) is 0 Å². The summed E-state index contributed by atoms with van der Waals surface area (Å²) in [6, 6.07) is 14.4. The molecular formula is C35H46N4O7. The highest BCUT2D eigenvalue weighted by Gasteiger charge is 2.46. The SMILES string of the molecule is Cc1ccc(CCCCC(=O)NC[C@H](O)[C@@H](O)[C@H](O)[C@H](O)CO)nc1CNC1(c2cnccc2-c2ccccc2OC2CC2)CC1. The molecule has 0 radical (unpaired) electrons. The molecule has 0 bridgehead atoms. The normalized spacial score (nSPS) is 18.0. The number of amides is 1. The van der Waals surface area contributed by atoms with Crippen LogP contribution in [-0.4, -0.2) is 85.1 Å². The van der Waals surface area contributed by atoms with Crippen LogP contribution in [0.1, 0.15) is 67.5 Å². The zero-order chi connectivity index (χ0) is 32.7. The zero-order valence-electron chi connectivity index (χ0n) is 26.3. The number of hydrogen-bond donors (Lipinski definition) is 7. The Kier molecular flexibility index (Phi) is 11.4. The number of hydrogen-bond acceptors (Lipinski definition) is 10. The molecule has 1 aromatic carbocycles. The van der Waals surface area contributed by atoms with Crippen molar-refractivity contribution in [1.82, 2.24) is 20.6 Å². The summed E-state index contributed by atoms with van der Waals surface area (Å²) in [5.74, 6) is 0.624. The molecule has 2 aliphatic rings. The first-order valence-corrected chi connectivity index (χ1v) is 16.2. The molecule has 2 fully saturated rings. The molecular weight excluding hydrogens is 588 g/mol. The molecule has 0 aliphatic heterocycles. The molecule has 0 spiro atoms. The van der Waals surface area contributed by atoms with Crippen LogP contribution in [0.5, 0.6) is 5.75 Å². The van der Waals surface area contributed by atoms with Crippen molar-refractivity contribution in [1.29, 1.82) is 0 Å². The molecule has 11 heteroatoms. The van der Waals surface area contributed by atoms with Gasteiger partial charge >= 0.3 is 0 Å². The number of nitrogens with one attached hydrogen (secondary N) is 2. The number of rotatable bonds is 18. The first kappa shape index (κ1) is 33.9. The number of carbonyl (C=O) groups is 1. The van der Waals surface area contributed by atoms with Crippen LogP contribution >= 0.6 is 0 Å². The number of benzene rings is 1. The molecule has 4 atom stereocenters. The number of pyridine rings is 2. The highest BCUT2D eigenvalue weighted by atomic mass is 16.5. The van der Waals surface area contributed by atoms with E-state index in [1.807, 2.05) is 30.6 Å². The van der Waals surface area contributed by atoms with Gasteiger partial charge in [0.05, 0.1) is 24.5 Å². The molecule has 2 saturated carbocycles. The fourth-order valence-corrected chi connectivity index (χ4v) is 5.60. The summed E-state index contributed by atoms with van der Waals surface area (Å²) in [4.78, 5) is 21.7. The summed E-state index contributed by atoms with van der Waals surface area (Å²) < 4.78 is 6.24. The molecule has 2 heterocycles. The average Bonchev–Trinajstić information content (AvgIpc) is 4.02. The van der Waals surface area contributed by atoms with Crippen molar-refractivity contribution < 1.29 is 35.1 Å². The zero-order valence-corrected chi connectivity index (χ0v) is 26.3. The summed E-state index contributed by atoms with van der Waals surface area (Å²) in [5, 5.41) is 54.2. The predicted octanol–water partition coefficient (Wildman–Crippen LogP) is 2.04. The third-order valence-electron chi connectivity index (χ3n) is 8.86. The maximum absolute atomic E-state index is 12.2. The van der Waals surface area contributed by atoms with Gasteiger partial charge in [-0.1, -0.05) is 24.3 Å². The molecule has 0 saturated heterocycles. The molecule has 2 aliphatic carbocycles. The summed E-state index contributed by atoms with van der Waals surface area (Å²) in [6.07, 6.45) is 4.16. The molecule has 3 aromatic rings. The molecule has 11 nitrogen and oxygen atoms in total. The lowest BCUT2D eigenvalue weighted by atomic mass is 9.94. The van der Waals surface area contributed by atoms with Crippen molar-refractivity contribution in [3.05, 3.63) is 77.4 Å². The van der Waals surface area contributed by atoms with Gasteiger partial charge in [0.15, 0.2) is 0 Å². The highest BCUT2D eigenvalue weighted by molar-refractivity contribution is 5.76. The summed E-state index contributed by atoms with van der Waals surface area (Å²) >= 11 is 0. The van der Waals surface area contributed by atoms with Gasteiger partial charge in [-0.25, -0.2) is 0 Å².